The molecule has 0 unspecified atom stereocenters. The molecule has 0 atom stereocenters. The maximum absolute atomic E-state index is 15.0. The molecule has 6 heteroatoms. The molecule has 0 aliphatic carbocycles. The van der Waals surface area contributed by atoms with Gasteiger partial charge in [0, 0.05) is 37.0 Å². The molecule has 1 aliphatic rings. The van der Waals surface area contributed by atoms with E-state index in [2.05, 4.69) is 10.5 Å². The van der Waals surface area contributed by atoms with Gasteiger partial charge in [-0.1, -0.05) is 47.6 Å². The molecule has 1 fully saturated rings. The minimum Gasteiger partial charge on any atom is -0.494 e. The zero-order valence-electron chi connectivity index (χ0n) is 15.8. The molecule has 146 valence electrons. The van der Waals surface area contributed by atoms with Crippen LogP contribution in [0.15, 0.2) is 59.1 Å². The van der Waals surface area contributed by atoms with Gasteiger partial charge in [-0.15, -0.1) is 0 Å². The zero-order chi connectivity index (χ0) is 19.4. The largest absolute Gasteiger partial charge is 0.494 e. The van der Waals surface area contributed by atoms with Crippen molar-refractivity contribution in [2.45, 2.75) is 24.9 Å². The van der Waals surface area contributed by atoms with Crippen LogP contribution in [0.5, 0.6) is 5.75 Å². The van der Waals surface area contributed by atoms with Crippen molar-refractivity contribution in [1.29, 1.82) is 0 Å². The van der Waals surface area contributed by atoms with Gasteiger partial charge in [0.05, 0.1) is 18.3 Å². The maximum atomic E-state index is 15.0. The van der Waals surface area contributed by atoms with Crippen molar-refractivity contribution < 1.29 is 18.4 Å². The Labute approximate surface area is 163 Å². The molecular weight excluding hydrogens is 359 g/mol. The minimum atomic E-state index is -0.539. The molecule has 1 N–H and O–H groups in total. The Hall–Kier alpha value is -2.70. The number of nitrogens with zero attached hydrogens (tertiary/aromatic N) is 1. The van der Waals surface area contributed by atoms with Crippen LogP contribution >= 0.6 is 0 Å². The van der Waals surface area contributed by atoms with Gasteiger partial charge in [0.25, 0.3) is 0 Å². The van der Waals surface area contributed by atoms with Gasteiger partial charge in [0.1, 0.15) is 0 Å². The summed E-state index contributed by atoms with van der Waals surface area (Å²) < 4.78 is 31.2. The first-order valence-corrected chi connectivity index (χ1v) is 9.39. The lowest BCUT2D eigenvalue weighted by atomic mass is 9.82. The third-order valence-electron chi connectivity index (χ3n) is 5.27. The molecule has 0 saturated carbocycles. The van der Waals surface area contributed by atoms with Crippen LogP contribution in [0, 0.1) is 5.82 Å². The highest BCUT2D eigenvalue weighted by Gasteiger charge is 2.37. The second kappa shape index (κ2) is 8.12. The topological polar surface area (TPSA) is 56.5 Å². The first kappa shape index (κ1) is 18.7. The third-order valence-corrected chi connectivity index (χ3v) is 5.27. The summed E-state index contributed by atoms with van der Waals surface area (Å²) in [6, 6.07) is 17.0. The minimum absolute atomic E-state index is 0.248. The highest BCUT2D eigenvalue weighted by Crippen LogP contribution is 2.37. The summed E-state index contributed by atoms with van der Waals surface area (Å²) in [5, 5.41) is 7.70. The number of methoxy groups -OCH3 is 1. The molecule has 2 heterocycles. The van der Waals surface area contributed by atoms with Gasteiger partial charge in [-0.3, -0.25) is 0 Å². The van der Waals surface area contributed by atoms with Crippen LogP contribution in [-0.4, -0.2) is 25.5 Å². The molecule has 2 aromatic carbocycles. The Morgan fingerprint density at radius 2 is 1.89 bits per heavy atom. The van der Waals surface area contributed by atoms with E-state index in [4.69, 9.17) is 14.0 Å². The van der Waals surface area contributed by atoms with Crippen LogP contribution in [-0.2, 0) is 16.8 Å². The van der Waals surface area contributed by atoms with Crippen LogP contribution in [0.25, 0.3) is 11.3 Å². The van der Waals surface area contributed by atoms with E-state index in [0.717, 1.165) is 11.3 Å². The van der Waals surface area contributed by atoms with Crippen molar-refractivity contribution in [3.8, 4) is 17.1 Å². The van der Waals surface area contributed by atoms with E-state index < -0.39 is 5.54 Å². The van der Waals surface area contributed by atoms with Gasteiger partial charge in [0.15, 0.2) is 17.3 Å². The Balaban J connectivity index is 1.58. The molecule has 0 radical (unpaired) electrons. The molecule has 4 rings (SSSR count). The van der Waals surface area contributed by atoms with E-state index in [9.17, 15) is 0 Å². The fourth-order valence-electron chi connectivity index (χ4n) is 3.69. The average Bonchev–Trinajstić information content (AvgIpc) is 3.23. The van der Waals surface area contributed by atoms with Gasteiger partial charge >= 0.3 is 0 Å². The molecule has 0 amide bonds. The van der Waals surface area contributed by atoms with E-state index in [1.807, 2.05) is 48.5 Å². The number of rotatable bonds is 6. The highest BCUT2D eigenvalue weighted by molar-refractivity contribution is 5.56. The lowest BCUT2D eigenvalue weighted by molar-refractivity contribution is 0.0339. The molecule has 0 bridgehead atoms. The van der Waals surface area contributed by atoms with E-state index in [1.165, 1.54) is 7.11 Å². The van der Waals surface area contributed by atoms with E-state index in [0.29, 0.717) is 43.9 Å². The second-order valence-corrected chi connectivity index (χ2v) is 6.92. The van der Waals surface area contributed by atoms with Gasteiger partial charge in [-0.2, -0.15) is 0 Å². The first-order valence-electron chi connectivity index (χ1n) is 9.39. The maximum Gasteiger partial charge on any atom is 0.170 e. The van der Waals surface area contributed by atoms with Gasteiger partial charge < -0.3 is 19.3 Å². The summed E-state index contributed by atoms with van der Waals surface area (Å²) in [5.41, 5.74) is 1.80. The summed E-state index contributed by atoms with van der Waals surface area (Å²) in [4.78, 5) is 0. The van der Waals surface area contributed by atoms with Gasteiger partial charge in [-0.05, 0) is 18.9 Å². The first-order chi connectivity index (χ1) is 13.7. The average molecular weight is 382 g/mol. The summed E-state index contributed by atoms with van der Waals surface area (Å²) >= 11 is 0. The van der Waals surface area contributed by atoms with Crippen molar-refractivity contribution in [2.75, 3.05) is 20.3 Å². The molecule has 5 nitrogen and oxygen atoms in total. The second-order valence-electron chi connectivity index (χ2n) is 6.92. The monoisotopic (exact) mass is 382 g/mol. The van der Waals surface area contributed by atoms with Crippen molar-refractivity contribution in [1.82, 2.24) is 10.5 Å². The predicted molar refractivity (Wildman–Crippen MR) is 103 cm³/mol. The van der Waals surface area contributed by atoms with Crippen LogP contribution < -0.4 is 10.1 Å². The number of hydrogen-bond acceptors (Lipinski definition) is 5. The highest BCUT2D eigenvalue weighted by atomic mass is 19.1. The van der Waals surface area contributed by atoms with Crippen molar-refractivity contribution in [2.24, 2.45) is 0 Å². The zero-order valence-corrected chi connectivity index (χ0v) is 15.8. The Morgan fingerprint density at radius 1 is 1.11 bits per heavy atom. The van der Waals surface area contributed by atoms with Crippen LogP contribution in [0.1, 0.15) is 24.1 Å². The van der Waals surface area contributed by atoms with Crippen LogP contribution in [0.2, 0.25) is 0 Å². The van der Waals surface area contributed by atoms with E-state index in [1.54, 1.807) is 6.07 Å². The molecule has 1 aromatic heterocycles. The standard InChI is InChI=1S/C22H23FN2O3/c1-26-19-9-5-8-18(21(19)23)22(10-12-27-13-11-22)24-15-17-14-20(28-25-17)16-6-3-2-4-7-16/h2-9,14,24H,10-13,15H2,1H3. The smallest absolute Gasteiger partial charge is 0.170 e. The predicted octanol–water partition coefficient (Wildman–Crippen LogP) is 4.28. The fourth-order valence-corrected chi connectivity index (χ4v) is 3.69. The summed E-state index contributed by atoms with van der Waals surface area (Å²) in [6.45, 7) is 1.60. The summed E-state index contributed by atoms with van der Waals surface area (Å²) in [7, 11) is 1.48. The summed E-state index contributed by atoms with van der Waals surface area (Å²) in [5.74, 6) is 0.633. The number of aromatic nitrogens is 1. The van der Waals surface area contributed by atoms with E-state index >= 15 is 4.39 Å². The van der Waals surface area contributed by atoms with Crippen molar-refractivity contribution in [3.63, 3.8) is 0 Å². The molecule has 1 aliphatic heterocycles. The number of halogens is 1. The van der Waals surface area contributed by atoms with E-state index in [-0.39, 0.29) is 11.6 Å². The molecule has 3 aromatic rings. The Morgan fingerprint density at radius 3 is 2.64 bits per heavy atom. The van der Waals surface area contributed by atoms with Crippen molar-refractivity contribution in [3.05, 3.63) is 71.7 Å². The van der Waals surface area contributed by atoms with Crippen LogP contribution in [0.3, 0.4) is 0 Å². The lowest BCUT2D eigenvalue weighted by Gasteiger charge is -2.39. The number of benzene rings is 2. The molecule has 1 saturated heterocycles. The number of nitrogens with one attached hydrogen (secondary N) is 1. The number of ether oxygens (including phenoxy) is 2. The molecule has 0 spiro atoms. The fraction of sp³-hybridized carbons (Fsp3) is 0.318. The van der Waals surface area contributed by atoms with Gasteiger partial charge in [-0.25, -0.2) is 4.39 Å². The Bertz CT molecular complexity index is 921. The normalized spacial score (nSPS) is 16.1. The van der Waals surface area contributed by atoms with Crippen LogP contribution in [0.4, 0.5) is 4.39 Å². The molecule has 28 heavy (non-hydrogen) atoms. The lowest BCUT2D eigenvalue weighted by Crippen LogP contribution is -2.47. The SMILES string of the molecule is COc1cccc(C2(NCc3cc(-c4ccccc4)on3)CCOCC2)c1F. The third kappa shape index (κ3) is 3.66. The number of hydrogen-bond donors (Lipinski definition) is 1. The quantitative estimate of drug-likeness (QED) is 0.689. The summed E-state index contributed by atoms with van der Waals surface area (Å²) in [6.07, 6.45) is 1.33. The van der Waals surface area contributed by atoms with Gasteiger partial charge in [0.2, 0.25) is 0 Å². The Kier molecular flexibility index (Phi) is 5.41. The molecular formula is C22H23FN2O3. The van der Waals surface area contributed by atoms with Crippen molar-refractivity contribution >= 4 is 0 Å².